The quantitative estimate of drug-likeness (QED) is 0.154. The van der Waals surface area contributed by atoms with E-state index in [1.54, 1.807) is 0 Å². The Bertz CT molecular complexity index is 2860. The average molecular weight is 955 g/mol. The minimum atomic E-state index is -0.922. The molecule has 0 aliphatic carbocycles. The topological polar surface area (TPSA) is 50.9 Å². The van der Waals surface area contributed by atoms with Crippen molar-refractivity contribution < 1.29 is 27.5 Å². The fourth-order valence-corrected chi connectivity index (χ4v) is 8.18. The second-order valence-corrected chi connectivity index (χ2v) is 17.1. The number of aromatic hydroxyl groups is 1. The Morgan fingerprint density at radius 2 is 1.41 bits per heavy atom. The van der Waals surface area contributed by atoms with E-state index < -0.39 is 5.89 Å². The van der Waals surface area contributed by atoms with Gasteiger partial charge < -0.3 is 5.11 Å². The molecule has 8 rings (SSSR count). The minimum absolute atomic E-state index is 0. The normalized spacial score (nSPS) is 12.1. The number of benzene rings is 6. The van der Waals surface area contributed by atoms with Gasteiger partial charge in [-0.3, -0.25) is 9.55 Å². The van der Waals surface area contributed by atoms with Gasteiger partial charge in [0.2, 0.25) is 0 Å². The van der Waals surface area contributed by atoms with E-state index in [0.717, 1.165) is 78.0 Å². The second-order valence-electron chi connectivity index (χ2n) is 17.1. The van der Waals surface area contributed by atoms with E-state index in [9.17, 15) is 6.48 Å². The minimum Gasteiger partial charge on any atom is -0.507 e. The Morgan fingerprint density at radius 3 is 2.14 bits per heavy atom. The van der Waals surface area contributed by atoms with Crippen LogP contribution in [0, 0.1) is 19.9 Å². The van der Waals surface area contributed by atoms with Gasteiger partial charge in [-0.1, -0.05) is 145 Å². The van der Waals surface area contributed by atoms with Gasteiger partial charge in [0.1, 0.15) is 11.6 Å². The number of pyridine rings is 1. The molecular weight excluding hydrogens is 902 g/mol. The zero-order valence-electron chi connectivity index (χ0n) is 36.4. The van der Waals surface area contributed by atoms with E-state index in [4.69, 9.17) is 9.97 Å². The molecule has 0 spiro atoms. The first-order chi connectivity index (χ1) is 28.1. The van der Waals surface area contributed by atoms with Gasteiger partial charge in [-0.25, -0.2) is 4.98 Å². The molecular formula is C54H52N3OPt-. The van der Waals surface area contributed by atoms with Crippen LogP contribution in [-0.4, -0.2) is 19.6 Å². The summed E-state index contributed by atoms with van der Waals surface area (Å²) in [6.45, 7) is 19.0. The van der Waals surface area contributed by atoms with Crippen molar-refractivity contribution in [3.63, 3.8) is 0 Å². The molecule has 0 saturated heterocycles. The number of rotatable bonds is 8. The van der Waals surface area contributed by atoms with E-state index in [2.05, 4.69) is 148 Å². The molecule has 0 radical (unpaired) electrons. The van der Waals surface area contributed by atoms with E-state index >= 15 is 0 Å². The third-order valence-corrected chi connectivity index (χ3v) is 11.2. The van der Waals surface area contributed by atoms with Crippen LogP contribution >= 0.6 is 0 Å². The van der Waals surface area contributed by atoms with Gasteiger partial charge in [0.25, 0.3) is 0 Å². The van der Waals surface area contributed by atoms with Crippen LogP contribution in [0.5, 0.6) is 5.75 Å². The van der Waals surface area contributed by atoms with Crippen LogP contribution < -0.4 is 0 Å². The summed E-state index contributed by atoms with van der Waals surface area (Å²) in [6, 6.07) is 48.0. The maximum Gasteiger partial charge on any atom is 0.148 e. The molecule has 8 aromatic rings. The van der Waals surface area contributed by atoms with Crippen LogP contribution in [0.4, 0.5) is 0 Å². The Labute approximate surface area is 365 Å². The summed E-state index contributed by atoms with van der Waals surface area (Å²) in [6.07, 6.45) is 1.87. The van der Waals surface area contributed by atoms with Gasteiger partial charge in [0.05, 0.1) is 16.6 Å². The van der Waals surface area contributed by atoms with Gasteiger partial charge in [0.15, 0.2) is 0 Å². The molecule has 6 aromatic carbocycles. The van der Waals surface area contributed by atoms with Crippen molar-refractivity contribution >= 4 is 11.0 Å². The number of phenolic OH excluding ortho intramolecular Hbond substituents is 1. The Hall–Kier alpha value is -5.57. The molecule has 0 amide bonds. The molecule has 2 heterocycles. The number of hydrogen-bond acceptors (Lipinski definition) is 3. The van der Waals surface area contributed by atoms with Crippen molar-refractivity contribution in [2.45, 2.75) is 79.5 Å². The molecule has 2 aromatic heterocycles. The predicted octanol–water partition coefficient (Wildman–Crippen LogP) is 14.4. The molecule has 0 unspecified atom stereocenters. The standard InChI is InChI=1S/C54H52N3O.Pt/c1-33(2)39-28-40(30-41(29-39)49-31-38(24-25-55-49)37-16-11-10-12-17-37)43-19-15-21-50-51(43)56-53(47-27-35(5)26-36(6)52(47)58)57(50)42-22-23-44(46(32-42)34(3)4)45-18-13-14-20-48(45)54(7,8)9;/h10-29,31-34,58H,1-9H3;/q-1;/i34D;. The van der Waals surface area contributed by atoms with Crippen LogP contribution in [0.1, 0.15) is 89.5 Å². The van der Waals surface area contributed by atoms with Crippen LogP contribution in [0.15, 0.2) is 134 Å². The first-order valence-corrected chi connectivity index (χ1v) is 20.2. The first kappa shape index (κ1) is 40.2. The van der Waals surface area contributed by atoms with Crippen molar-refractivity contribution in [3.05, 3.63) is 167 Å². The van der Waals surface area contributed by atoms with Gasteiger partial charge in [-0.15, -0.1) is 29.3 Å². The molecule has 0 aliphatic heterocycles. The molecule has 0 saturated carbocycles. The summed E-state index contributed by atoms with van der Waals surface area (Å²) in [5.41, 5.74) is 16.3. The number of nitrogens with zero attached hydrogens (tertiary/aromatic N) is 3. The van der Waals surface area contributed by atoms with E-state index in [1.807, 2.05) is 58.2 Å². The number of fused-ring (bicyclic) bond motifs is 1. The van der Waals surface area contributed by atoms with Crippen molar-refractivity contribution in [1.29, 1.82) is 0 Å². The number of para-hydroxylation sites is 1. The smallest absolute Gasteiger partial charge is 0.148 e. The number of aromatic nitrogens is 3. The summed E-state index contributed by atoms with van der Waals surface area (Å²) >= 11 is 0. The molecule has 0 fully saturated rings. The first-order valence-electron chi connectivity index (χ1n) is 20.7. The summed E-state index contributed by atoms with van der Waals surface area (Å²) in [5.74, 6) is 0.165. The van der Waals surface area contributed by atoms with Crippen LogP contribution in [0.2, 0.25) is 0 Å². The van der Waals surface area contributed by atoms with Gasteiger partial charge in [0, 0.05) is 40.0 Å². The van der Waals surface area contributed by atoms with Crippen molar-refractivity contribution in [1.82, 2.24) is 14.5 Å². The van der Waals surface area contributed by atoms with E-state index in [-0.39, 0.29) is 38.1 Å². The largest absolute Gasteiger partial charge is 0.507 e. The predicted molar refractivity (Wildman–Crippen MR) is 243 cm³/mol. The van der Waals surface area contributed by atoms with Crippen LogP contribution in [-0.2, 0) is 26.5 Å². The molecule has 5 heteroatoms. The summed E-state index contributed by atoms with van der Waals surface area (Å²) < 4.78 is 11.6. The van der Waals surface area contributed by atoms with Gasteiger partial charge in [-0.05, 0) is 106 Å². The molecule has 1 N–H and O–H groups in total. The van der Waals surface area contributed by atoms with E-state index in [1.165, 1.54) is 11.1 Å². The number of phenols is 1. The SMILES string of the molecule is [2H]C(C)(C)c1cc(-n2c(-c3cc(C)cc(C)c3O)nc3c(-c4[c-]c(-c5cc(-c6ccccc6)ccn5)cc(C(C)C)c4)cccc32)ccc1-c1ccccc1C(C)(C)C.[Pt]. The molecule has 59 heavy (non-hydrogen) atoms. The van der Waals surface area contributed by atoms with Gasteiger partial charge >= 0.3 is 0 Å². The van der Waals surface area contributed by atoms with Crippen LogP contribution in [0.3, 0.4) is 0 Å². The van der Waals surface area contributed by atoms with E-state index in [0.29, 0.717) is 11.4 Å². The maximum absolute atomic E-state index is 11.7. The fraction of sp³-hybridized carbons (Fsp3) is 0.222. The summed E-state index contributed by atoms with van der Waals surface area (Å²) in [7, 11) is 0. The monoisotopic (exact) mass is 954 g/mol. The fourth-order valence-electron chi connectivity index (χ4n) is 8.18. The zero-order valence-corrected chi connectivity index (χ0v) is 37.7. The van der Waals surface area contributed by atoms with Crippen molar-refractivity contribution in [2.75, 3.05) is 0 Å². The maximum atomic E-state index is 11.7. The summed E-state index contributed by atoms with van der Waals surface area (Å²) in [5, 5.41) is 11.7. The molecule has 4 nitrogen and oxygen atoms in total. The second kappa shape index (κ2) is 16.6. The van der Waals surface area contributed by atoms with Crippen molar-refractivity contribution in [3.8, 4) is 67.5 Å². The summed E-state index contributed by atoms with van der Waals surface area (Å²) in [4.78, 5) is 10.3. The molecule has 0 bridgehead atoms. The molecule has 300 valence electrons. The molecule has 0 atom stereocenters. The van der Waals surface area contributed by atoms with Crippen molar-refractivity contribution in [2.24, 2.45) is 0 Å². The Morgan fingerprint density at radius 1 is 0.695 bits per heavy atom. The number of hydrogen-bond donors (Lipinski definition) is 1. The number of aryl methyl sites for hydroxylation is 2. The third kappa shape index (κ3) is 8.08. The molecule has 0 aliphatic rings. The Kier molecular flexibility index (Phi) is 11.3. The number of imidazole rings is 1. The van der Waals surface area contributed by atoms with Gasteiger partial charge in [-0.2, -0.15) is 0 Å². The van der Waals surface area contributed by atoms with Crippen LogP contribution in [0.25, 0.3) is 72.7 Å². The zero-order chi connectivity index (χ0) is 41.8. The Balaban J connectivity index is 0.00000544. The average Bonchev–Trinajstić information content (AvgIpc) is 3.61. The third-order valence-electron chi connectivity index (χ3n) is 11.2.